The molecule has 2 rings (SSSR count). The van der Waals surface area contributed by atoms with Crippen molar-refractivity contribution in [1.29, 1.82) is 0 Å². The van der Waals surface area contributed by atoms with Gasteiger partial charge in [0.2, 0.25) is 0 Å². The van der Waals surface area contributed by atoms with Gasteiger partial charge in [0, 0.05) is 0 Å². The maximum absolute atomic E-state index is 9.54. The number of hydrogen-bond donors (Lipinski definition) is 1. The monoisotopic (exact) mass is 182 g/mol. The summed E-state index contributed by atoms with van der Waals surface area (Å²) in [6.45, 7) is 0. The number of para-hydroxylation sites is 1. The molecule has 64 valence electrons. The second-order valence-electron chi connectivity index (χ2n) is 3.40. The third-order valence-electron chi connectivity index (χ3n) is 2.28. The molecule has 1 aromatic rings. The predicted octanol–water partition coefficient (Wildman–Crippen LogP) is 3.00. The van der Waals surface area contributed by atoms with Gasteiger partial charge in [0.1, 0.15) is 5.75 Å². The standard InChI is InChI=1S/C10H11ClO/c11-9-3-1-2-8(10(9)12)6-7-4-5-7/h1-3,7,12H,4-6H2. The van der Waals surface area contributed by atoms with E-state index < -0.39 is 0 Å². The molecule has 2 heteroatoms. The van der Waals surface area contributed by atoms with Gasteiger partial charge in [-0.2, -0.15) is 0 Å². The van der Waals surface area contributed by atoms with Crippen LogP contribution in [0.15, 0.2) is 18.2 Å². The number of rotatable bonds is 2. The van der Waals surface area contributed by atoms with Crippen molar-refractivity contribution in [2.75, 3.05) is 0 Å². The molecule has 1 nitrogen and oxygen atoms in total. The summed E-state index contributed by atoms with van der Waals surface area (Å²) in [5, 5.41) is 10.0. The van der Waals surface area contributed by atoms with Crippen molar-refractivity contribution in [2.24, 2.45) is 5.92 Å². The first-order valence-electron chi connectivity index (χ1n) is 4.23. The molecule has 0 saturated heterocycles. The molecule has 0 aromatic heterocycles. The van der Waals surface area contributed by atoms with Crippen molar-refractivity contribution >= 4 is 11.6 Å². The van der Waals surface area contributed by atoms with Gasteiger partial charge in [-0.3, -0.25) is 0 Å². The molecule has 0 unspecified atom stereocenters. The number of hydrogen-bond acceptors (Lipinski definition) is 1. The quantitative estimate of drug-likeness (QED) is 0.746. The van der Waals surface area contributed by atoms with E-state index in [1.54, 1.807) is 6.07 Å². The molecular formula is C10H11ClO. The molecule has 0 bridgehead atoms. The summed E-state index contributed by atoms with van der Waals surface area (Å²) in [7, 11) is 0. The third-order valence-corrected chi connectivity index (χ3v) is 2.58. The number of benzene rings is 1. The molecule has 0 atom stereocenters. The van der Waals surface area contributed by atoms with Crippen LogP contribution >= 0.6 is 11.6 Å². The lowest BCUT2D eigenvalue weighted by Gasteiger charge is -2.03. The lowest BCUT2D eigenvalue weighted by molar-refractivity contribution is 0.466. The number of halogens is 1. The Morgan fingerprint density at radius 2 is 2.17 bits per heavy atom. The molecule has 0 heterocycles. The van der Waals surface area contributed by atoms with E-state index in [0.29, 0.717) is 5.02 Å². The van der Waals surface area contributed by atoms with E-state index in [1.165, 1.54) is 12.8 Å². The molecule has 0 amide bonds. The van der Waals surface area contributed by atoms with Crippen LogP contribution in [0.1, 0.15) is 18.4 Å². The number of phenols is 1. The second-order valence-corrected chi connectivity index (χ2v) is 3.80. The zero-order valence-corrected chi connectivity index (χ0v) is 7.51. The fourth-order valence-corrected chi connectivity index (χ4v) is 1.55. The molecule has 1 aliphatic carbocycles. The van der Waals surface area contributed by atoms with E-state index in [2.05, 4.69) is 0 Å². The van der Waals surface area contributed by atoms with E-state index in [-0.39, 0.29) is 5.75 Å². The minimum atomic E-state index is 0.270. The Balaban J connectivity index is 2.23. The minimum Gasteiger partial charge on any atom is -0.506 e. The van der Waals surface area contributed by atoms with Crippen molar-refractivity contribution < 1.29 is 5.11 Å². The first-order chi connectivity index (χ1) is 5.77. The molecule has 1 aliphatic rings. The van der Waals surface area contributed by atoms with Gasteiger partial charge in [0.05, 0.1) is 5.02 Å². The first-order valence-corrected chi connectivity index (χ1v) is 4.61. The summed E-state index contributed by atoms with van der Waals surface area (Å²) in [5.41, 5.74) is 0.991. The highest BCUT2D eigenvalue weighted by atomic mass is 35.5. The van der Waals surface area contributed by atoms with Crippen LogP contribution in [0.2, 0.25) is 5.02 Å². The minimum absolute atomic E-state index is 0.270. The Kier molecular flexibility index (Phi) is 1.97. The summed E-state index contributed by atoms with van der Waals surface area (Å²) in [6, 6.07) is 5.55. The van der Waals surface area contributed by atoms with Gasteiger partial charge in [0.15, 0.2) is 0 Å². The van der Waals surface area contributed by atoms with Crippen molar-refractivity contribution in [1.82, 2.24) is 0 Å². The van der Waals surface area contributed by atoms with Gasteiger partial charge in [0.25, 0.3) is 0 Å². The Morgan fingerprint density at radius 3 is 2.83 bits per heavy atom. The van der Waals surface area contributed by atoms with Crippen molar-refractivity contribution in [3.05, 3.63) is 28.8 Å². The molecule has 0 spiro atoms. The Morgan fingerprint density at radius 1 is 1.42 bits per heavy atom. The van der Waals surface area contributed by atoms with Gasteiger partial charge < -0.3 is 5.11 Å². The van der Waals surface area contributed by atoms with Crippen molar-refractivity contribution in [3.63, 3.8) is 0 Å². The molecule has 1 saturated carbocycles. The van der Waals surface area contributed by atoms with Crippen LogP contribution in [0.4, 0.5) is 0 Å². The van der Waals surface area contributed by atoms with Gasteiger partial charge in [-0.15, -0.1) is 0 Å². The summed E-state index contributed by atoms with van der Waals surface area (Å²) < 4.78 is 0. The van der Waals surface area contributed by atoms with Gasteiger partial charge in [-0.05, 0) is 36.8 Å². The van der Waals surface area contributed by atoms with E-state index in [9.17, 15) is 5.11 Å². The average molecular weight is 183 g/mol. The molecule has 1 aromatic carbocycles. The van der Waals surface area contributed by atoms with E-state index in [1.807, 2.05) is 12.1 Å². The zero-order valence-electron chi connectivity index (χ0n) is 6.76. The van der Waals surface area contributed by atoms with Crippen LogP contribution in [0, 0.1) is 5.92 Å². The normalized spacial score (nSPS) is 16.4. The maximum atomic E-state index is 9.54. The van der Waals surface area contributed by atoms with Crippen molar-refractivity contribution in [2.45, 2.75) is 19.3 Å². The number of aromatic hydroxyl groups is 1. The summed E-state index contributed by atoms with van der Waals surface area (Å²) in [5.74, 6) is 1.06. The molecular weight excluding hydrogens is 172 g/mol. The molecule has 1 fully saturated rings. The second kappa shape index (κ2) is 2.98. The third kappa shape index (κ3) is 1.56. The fourth-order valence-electron chi connectivity index (χ4n) is 1.36. The topological polar surface area (TPSA) is 20.2 Å². The van der Waals surface area contributed by atoms with Crippen LogP contribution in [0.3, 0.4) is 0 Å². The Labute approximate surface area is 77.0 Å². The summed E-state index contributed by atoms with van der Waals surface area (Å²) in [4.78, 5) is 0. The number of phenolic OH excluding ortho intramolecular Hbond substituents is 1. The molecule has 0 aliphatic heterocycles. The van der Waals surface area contributed by atoms with Crippen LogP contribution in [-0.2, 0) is 6.42 Å². The smallest absolute Gasteiger partial charge is 0.137 e. The lowest BCUT2D eigenvalue weighted by Crippen LogP contribution is -1.87. The largest absolute Gasteiger partial charge is 0.506 e. The van der Waals surface area contributed by atoms with Gasteiger partial charge >= 0.3 is 0 Å². The molecule has 0 radical (unpaired) electrons. The van der Waals surface area contributed by atoms with E-state index >= 15 is 0 Å². The highest BCUT2D eigenvalue weighted by Crippen LogP contribution is 2.36. The highest BCUT2D eigenvalue weighted by Gasteiger charge is 2.22. The summed E-state index contributed by atoms with van der Waals surface area (Å²) in [6.07, 6.45) is 3.57. The van der Waals surface area contributed by atoms with Gasteiger partial charge in [-0.1, -0.05) is 23.7 Å². The highest BCUT2D eigenvalue weighted by molar-refractivity contribution is 6.32. The lowest BCUT2D eigenvalue weighted by atomic mass is 10.1. The van der Waals surface area contributed by atoms with Crippen LogP contribution < -0.4 is 0 Å². The Hall–Kier alpha value is -0.690. The maximum Gasteiger partial charge on any atom is 0.137 e. The van der Waals surface area contributed by atoms with Crippen LogP contribution in [0.5, 0.6) is 5.75 Å². The first kappa shape index (κ1) is 7.93. The van der Waals surface area contributed by atoms with Crippen LogP contribution in [0.25, 0.3) is 0 Å². The van der Waals surface area contributed by atoms with Crippen molar-refractivity contribution in [3.8, 4) is 5.75 Å². The van der Waals surface area contributed by atoms with E-state index in [4.69, 9.17) is 11.6 Å². The zero-order chi connectivity index (χ0) is 8.55. The predicted molar refractivity (Wildman–Crippen MR) is 49.5 cm³/mol. The average Bonchev–Trinajstić information content (AvgIpc) is 2.83. The Bertz CT molecular complexity index is 292. The van der Waals surface area contributed by atoms with E-state index in [0.717, 1.165) is 17.9 Å². The summed E-state index contributed by atoms with van der Waals surface area (Å²) >= 11 is 5.77. The fraction of sp³-hybridized carbons (Fsp3) is 0.400. The van der Waals surface area contributed by atoms with Gasteiger partial charge in [-0.25, -0.2) is 0 Å². The van der Waals surface area contributed by atoms with Crippen LogP contribution in [-0.4, -0.2) is 5.11 Å². The molecule has 12 heavy (non-hydrogen) atoms. The molecule has 1 N–H and O–H groups in total. The SMILES string of the molecule is Oc1c(Cl)cccc1CC1CC1.